The zero-order chi connectivity index (χ0) is 33.4. The molecule has 0 atom stereocenters. The van der Waals surface area contributed by atoms with Crippen LogP contribution in [0.25, 0.3) is 89.1 Å². The van der Waals surface area contributed by atoms with Gasteiger partial charge >= 0.3 is 0 Å². The molecule has 0 unspecified atom stereocenters. The third-order valence-electron chi connectivity index (χ3n) is 10.4. The molecule has 50 heavy (non-hydrogen) atoms. The molecule has 9 aromatic rings. The van der Waals surface area contributed by atoms with Gasteiger partial charge in [0.25, 0.3) is 0 Å². The minimum atomic E-state index is -1.90. The van der Waals surface area contributed by atoms with E-state index in [0.29, 0.717) is 17.5 Å². The molecule has 0 radical (unpaired) electrons. The van der Waals surface area contributed by atoms with Gasteiger partial charge in [-0.3, -0.25) is 0 Å². The SMILES string of the molecule is C[Si]1(C)c2ccccc2-c2c(-c3nc(-c4ccc(-c5ccccc5)cc4)nc(-c4cccc5oc6c7ccccc7ccc6c45)n3)cccc21. The Hall–Kier alpha value is -6.17. The van der Waals surface area contributed by atoms with Crippen molar-refractivity contribution in [2.24, 2.45) is 0 Å². The van der Waals surface area contributed by atoms with Crippen molar-refractivity contribution in [3.63, 3.8) is 0 Å². The highest BCUT2D eigenvalue weighted by Gasteiger charge is 2.38. The second-order valence-electron chi connectivity index (χ2n) is 13.6. The molecule has 3 heterocycles. The Labute approximate surface area is 290 Å². The van der Waals surface area contributed by atoms with Crippen molar-refractivity contribution < 1.29 is 4.42 Å². The number of benzene rings is 7. The molecule has 1 aliphatic rings. The van der Waals surface area contributed by atoms with Gasteiger partial charge in [-0.05, 0) is 50.1 Å². The maximum atomic E-state index is 6.57. The maximum absolute atomic E-state index is 6.57. The van der Waals surface area contributed by atoms with Crippen LogP contribution in [0.4, 0.5) is 0 Å². The van der Waals surface area contributed by atoms with Crippen LogP contribution in [0.3, 0.4) is 0 Å². The first kappa shape index (κ1) is 28.8. The molecule has 0 bridgehead atoms. The molecule has 4 nitrogen and oxygen atoms in total. The number of hydrogen-bond donors (Lipinski definition) is 0. The summed E-state index contributed by atoms with van der Waals surface area (Å²) < 4.78 is 6.57. The van der Waals surface area contributed by atoms with E-state index < -0.39 is 8.07 Å². The molecule has 236 valence electrons. The predicted molar refractivity (Wildman–Crippen MR) is 209 cm³/mol. The van der Waals surface area contributed by atoms with Gasteiger partial charge in [-0.15, -0.1) is 0 Å². The average Bonchev–Trinajstić information content (AvgIpc) is 3.68. The molecule has 7 aromatic carbocycles. The van der Waals surface area contributed by atoms with Gasteiger partial charge < -0.3 is 4.42 Å². The average molecular weight is 658 g/mol. The van der Waals surface area contributed by atoms with E-state index in [4.69, 9.17) is 19.4 Å². The van der Waals surface area contributed by atoms with E-state index in [9.17, 15) is 0 Å². The fourth-order valence-corrected chi connectivity index (χ4v) is 11.0. The lowest BCUT2D eigenvalue weighted by atomic mass is 9.99. The quantitative estimate of drug-likeness (QED) is 0.177. The summed E-state index contributed by atoms with van der Waals surface area (Å²) in [5, 5.41) is 7.17. The molecule has 0 amide bonds. The molecule has 0 fully saturated rings. The molecular weight excluding hydrogens is 627 g/mol. The summed E-state index contributed by atoms with van der Waals surface area (Å²) >= 11 is 0. The zero-order valence-electron chi connectivity index (χ0n) is 27.7. The van der Waals surface area contributed by atoms with Crippen LogP contribution in [0.15, 0.2) is 156 Å². The third kappa shape index (κ3) is 4.33. The fraction of sp³-hybridized carbons (Fsp3) is 0.0444. The Morgan fingerprint density at radius 2 is 1.06 bits per heavy atom. The van der Waals surface area contributed by atoms with Crippen molar-refractivity contribution in [2.75, 3.05) is 0 Å². The molecule has 0 spiro atoms. The second kappa shape index (κ2) is 10.9. The summed E-state index contributed by atoms with van der Waals surface area (Å²) in [6.45, 7) is 4.88. The minimum absolute atomic E-state index is 0.624. The molecule has 10 rings (SSSR count). The maximum Gasteiger partial charge on any atom is 0.164 e. The summed E-state index contributed by atoms with van der Waals surface area (Å²) in [6, 6.07) is 53.3. The minimum Gasteiger partial charge on any atom is -0.455 e. The first-order valence-corrected chi connectivity index (χ1v) is 20.0. The molecule has 0 aliphatic carbocycles. The van der Waals surface area contributed by atoms with E-state index in [2.05, 4.69) is 147 Å². The summed E-state index contributed by atoms with van der Waals surface area (Å²) in [4.78, 5) is 15.8. The number of aromatic nitrogens is 3. The first-order valence-electron chi connectivity index (χ1n) is 17.0. The van der Waals surface area contributed by atoms with Crippen molar-refractivity contribution >= 4 is 51.2 Å². The molecule has 1 aliphatic heterocycles. The van der Waals surface area contributed by atoms with Gasteiger partial charge in [0.2, 0.25) is 0 Å². The van der Waals surface area contributed by atoms with Gasteiger partial charge in [0.05, 0.1) is 0 Å². The van der Waals surface area contributed by atoms with Crippen LogP contribution in [0.5, 0.6) is 0 Å². The summed E-state index contributed by atoms with van der Waals surface area (Å²) in [5.41, 5.74) is 9.45. The first-order chi connectivity index (χ1) is 24.5. The van der Waals surface area contributed by atoms with Crippen molar-refractivity contribution in [3.8, 4) is 56.4 Å². The number of nitrogens with zero attached hydrogens (tertiary/aromatic N) is 3. The van der Waals surface area contributed by atoms with E-state index in [1.807, 2.05) is 18.2 Å². The van der Waals surface area contributed by atoms with E-state index in [1.165, 1.54) is 27.1 Å². The van der Waals surface area contributed by atoms with Crippen molar-refractivity contribution in [1.82, 2.24) is 15.0 Å². The lowest BCUT2D eigenvalue weighted by molar-refractivity contribution is 0.672. The summed E-state index contributed by atoms with van der Waals surface area (Å²) in [6.07, 6.45) is 0. The van der Waals surface area contributed by atoms with Crippen LogP contribution in [-0.4, -0.2) is 23.0 Å². The number of fused-ring (bicyclic) bond motifs is 8. The van der Waals surface area contributed by atoms with Crippen LogP contribution < -0.4 is 10.4 Å². The lowest BCUT2D eigenvalue weighted by Gasteiger charge is -2.18. The van der Waals surface area contributed by atoms with E-state index in [-0.39, 0.29) is 0 Å². The molecule has 0 N–H and O–H groups in total. The normalized spacial score (nSPS) is 13.2. The van der Waals surface area contributed by atoms with Gasteiger partial charge in [0.1, 0.15) is 19.2 Å². The Bertz CT molecular complexity index is 2780. The predicted octanol–water partition coefficient (Wildman–Crippen LogP) is 10.4. The van der Waals surface area contributed by atoms with Crippen molar-refractivity contribution in [3.05, 3.63) is 152 Å². The topological polar surface area (TPSA) is 51.8 Å². The molecule has 5 heteroatoms. The Balaban J connectivity index is 1.23. The highest BCUT2D eigenvalue weighted by atomic mass is 28.3. The van der Waals surface area contributed by atoms with E-state index in [0.717, 1.165) is 55.0 Å². The highest BCUT2D eigenvalue weighted by molar-refractivity contribution is 7.04. The Morgan fingerprint density at radius 1 is 0.440 bits per heavy atom. The monoisotopic (exact) mass is 657 g/mol. The summed E-state index contributed by atoms with van der Waals surface area (Å²) in [7, 11) is -1.90. The zero-order valence-corrected chi connectivity index (χ0v) is 28.7. The third-order valence-corrected chi connectivity index (χ3v) is 13.9. The standard InChI is InChI=1S/C45H31N3OSi/c1-50(2)38-20-9-8-16-33(38)41-36(18-11-21-39(41)50)45-47-43(31-24-22-29(23-25-31)28-12-4-3-5-13-28)46-44(48-45)35-17-10-19-37-40(35)34-27-26-30-14-6-7-15-32(30)42(34)49-37/h3-27H,1-2H3. The van der Waals surface area contributed by atoms with Gasteiger partial charge in [-0.2, -0.15) is 0 Å². The molecule has 0 saturated heterocycles. The van der Waals surface area contributed by atoms with E-state index in [1.54, 1.807) is 0 Å². The van der Waals surface area contributed by atoms with Gasteiger partial charge in [0.15, 0.2) is 17.5 Å². The lowest BCUT2D eigenvalue weighted by Crippen LogP contribution is -2.49. The number of hydrogen-bond acceptors (Lipinski definition) is 4. The van der Waals surface area contributed by atoms with Gasteiger partial charge in [-0.1, -0.05) is 153 Å². The smallest absolute Gasteiger partial charge is 0.164 e. The van der Waals surface area contributed by atoms with Crippen LogP contribution in [-0.2, 0) is 0 Å². The highest BCUT2D eigenvalue weighted by Crippen LogP contribution is 2.41. The largest absolute Gasteiger partial charge is 0.455 e. The van der Waals surface area contributed by atoms with Gasteiger partial charge in [0, 0.05) is 32.8 Å². The molecular formula is C45H31N3OSi. The van der Waals surface area contributed by atoms with Gasteiger partial charge in [-0.25, -0.2) is 15.0 Å². The fourth-order valence-electron chi connectivity index (χ4n) is 7.87. The van der Waals surface area contributed by atoms with Crippen LogP contribution >= 0.6 is 0 Å². The molecule has 0 saturated carbocycles. The number of rotatable bonds is 4. The van der Waals surface area contributed by atoms with Crippen LogP contribution in [0.1, 0.15) is 0 Å². The van der Waals surface area contributed by atoms with E-state index >= 15 is 0 Å². The van der Waals surface area contributed by atoms with Crippen molar-refractivity contribution in [2.45, 2.75) is 13.1 Å². The second-order valence-corrected chi connectivity index (χ2v) is 17.9. The molecule has 2 aromatic heterocycles. The van der Waals surface area contributed by atoms with Crippen LogP contribution in [0, 0.1) is 0 Å². The van der Waals surface area contributed by atoms with Crippen molar-refractivity contribution in [1.29, 1.82) is 0 Å². The van der Waals surface area contributed by atoms with Crippen LogP contribution in [0.2, 0.25) is 13.1 Å². The number of furan rings is 1. The summed E-state index contributed by atoms with van der Waals surface area (Å²) in [5.74, 6) is 1.94. The Morgan fingerprint density at radius 3 is 1.92 bits per heavy atom. The Kier molecular flexibility index (Phi) is 6.29.